The minimum Gasteiger partial charge on any atom is -0.355 e. The Morgan fingerprint density at radius 3 is 2.71 bits per heavy atom. The number of nitrogens with zero attached hydrogens (tertiary/aromatic N) is 2. The standard InChI is InChI=1S/C12H22N4O/c1-5-13-12(17)10(4)14-8-11-6-7-16(15-11)9(2)3/h6-7,9-10,14H,5,8H2,1-4H3,(H,13,17). The first-order valence-electron chi connectivity index (χ1n) is 6.09. The monoisotopic (exact) mass is 238 g/mol. The van der Waals surface area contributed by atoms with Crippen molar-refractivity contribution in [3.63, 3.8) is 0 Å². The van der Waals surface area contributed by atoms with E-state index in [4.69, 9.17) is 0 Å². The zero-order valence-corrected chi connectivity index (χ0v) is 11.0. The van der Waals surface area contributed by atoms with E-state index in [0.717, 1.165) is 5.69 Å². The normalized spacial score (nSPS) is 12.8. The summed E-state index contributed by atoms with van der Waals surface area (Å²) in [6.45, 7) is 9.20. The lowest BCUT2D eigenvalue weighted by Crippen LogP contribution is -2.41. The van der Waals surface area contributed by atoms with Gasteiger partial charge in [0.15, 0.2) is 0 Å². The van der Waals surface area contributed by atoms with E-state index < -0.39 is 0 Å². The average molecular weight is 238 g/mol. The molecule has 2 N–H and O–H groups in total. The Bertz CT molecular complexity index is 359. The van der Waals surface area contributed by atoms with Gasteiger partial charge >= 0.3 is 0 Å². The summed E-state index contributed by atoms with van der Waals surface area (Å²) in [5.74, 6) is 0.0239. The number of aromatic nitrogens is 2. The molecule has 0 aliphatic carbocycles. The van der Waals surface area contributed by atoms with Gasteiger partial charge in [-0.1, -0.05) is 0 Å². The van der Waals surface area contributed by atoms with Gasteiger partial charge in [-0.15, -0.1) is 0 Å². The van der Waals surface area contributed by atoms with Gasteiger partial charge < -0.3 is 10.6 Å². The fourth-order valence-electron chi connectivity index (χ4n) is 1.44. The predicted octanol–water partition coefficient (Wildman–Crippen LogP) is 1.08. The van der Waals surface area contributed by atoms with E-state index in [2.05, 4.69) is 29.6 Å². The van der Waals surface area contributed by atoms with Gasteiger partial charge in [-0.2, -0.15) is 5.10 Å². The lowest BCUT2D eigenvalue weighted by atomic mass is 10.3. The molecule has 0 aliphatic heterocycles. The Kier molecular flexibility index (Phi) is 5.15. The molecule has 17 heavy (non-hydrogen) atoms. The first-order valence-corrected chi connectivity index (χ1v) is 6.09. The van der Waals surface area contributed by atoms with Crippen LogP contribution in [0.25, 0.3) is 0 Å². The van der Waals surface area contributed by atoms with Gasteiger partial charge in [0.25, 0.3) is 0 Å². The lowest BCUT2D eigenvalue weighted by Gasteiger charge is -2.12. The zero-order chi connectivity index (χ0) is 12.8. The highest BCUT2D eigenvalue weighted by atomic mass is 16.2. The molecule has 5 nitrogen and oxygen atoms in total. The summed E-state index contributed by atoms with van der Waals surface area (Å²) in [7, 11) is 0. The van der Waals surface area contributed by atoms with Gasteiger partial charge in [0.05, 0.1) is 11.7 Å². The quantitative estimate of drug-likeness (QED) is 0.779. The number of likely N-dealkylation sites (N-methyl/N-ethyl adjacent to an activating group) is 1. The minimum absolute atomic E-state index is 0.0239. The molecule has 1 unspecified atom stereocenters. The van der Waals surface area contributed by atoms with E-state index >= 15 is 0 Å². The van der Waals surface area contributed by atoms with Crippen LogP contribution in [0.5, 0.6) is 0 Å². The molecule has 0 fully saturated rings. The van der Waals surface area contributed by atoms with E-state index in [1.54, 1.807) is 0 Å². The molecule has 96 valence electrons. The summed E-state index contributed by atoms with van der Waals surface area (Å²) in [5.41, 5.74) is 0.954. The molecule has 0 spiro atoms. The Morgan fingerprint density at radius 2 is 2.18 bits per heavy atom. The molecule has 0 aliphatic rings. The molecule has 1 rings (SSSR count). The molecular formula is C12H22N4O. The number of nitrogens with one attached hydrogen (secondary N) is 2. The molecule has 0 saturated heterocycles. The summed E-state index contributed by atoms with van der Waals surface area (Å²) in [5, 5.41) is 10.3. The van der Waals surface area contributed by atoms with Crippen LogP contribution in [0.3, 0.4) is 0 Å². The largest absolute Gasteiger partial charge is 0.355 e. The Balaban J connectivity index is 2.41. The average Bonchev–Trinajstić information content (AvgIpc) is 2.75. The van der Waals surface area contributed by atoms with Crippen molar-refractivity contribution >= 4 is 5.91 Å². The summed E-state index contributed by atoms with van der Waals surface area (Å²) in [4.78, 5) is 11.5. The van der Waals surface area contributed by atoms with Crippen molar-refractivity contribution in [2.24, 2.45) is 0 Å². The van der Waals surface area contributed by atoms with Crippen LogP contribution < -0.4 is 10.6 Å². The molecule has 0 aromatic carbocycles. The van der Waals surface area contributed by atoms with E-state index in [9.17, 15) is 4.79 Å². The van der Waals surface area contributed by atoms with Crippen molar-refractivity contribution in [3.8, 4) is 0 Å². The number of amides is 1. The first kappa shape index (κ1) is 13.7. The molecule has 1 atom stereocenters. The zero-order valence-electron chi connectivity index (χ0n) is 11.0. The third-order valence-corrected chi connectivity index (χ3v) is 2.53. The molecule has 5 heteroatoms. The number of carbonyl (C=O) groups is 1. The van der Waals surface area contributed by atoms with E-state index in [1.165, 1.54) is 0 Å². The summed E-state index contributed by atoms with van der Waals surface area (Å²) >= 11 is 0. The molecule has 1 heterocycles. The summed E-state index contributed by atoms with van der Waals surface area (Å²) in [6, 6.07) is 2.14. The van der Waals surface area contributed by atoms with Crippen LogP contribution in [0.15, 0.2) is 12.3 Å². The first-order chi connectivity index (χ1) is 8.04. The molecule has 0 bridgehead atoms. The van der Waals surface area contributed by atoms with Crippen molar-refractivity contribution in [2.45, 2.75) is 46.3 Å². The van der Waals surface area contributed by atoms with E-state index in [0.29, 0.717) is 19.1 Å². The second-order valence-corrected chi connectivity index (χ2v) is 4.38. The van der Waals surface area contributed by atoms with Crippen LogP contribution in [0, 0.1) is 0 Å². The van der Waals surface area contributed by atoms with Gasteiger partial charge in [0, 0.05) is 25.3 Å². The highest BCUT2D eigenvalue weighted by Crippen LogP contribution is 2.04. The van der Waals surface area contributed by atoms with Crippen molar-refractivity contribution in [2.75, 3.05) is 6.54 Å². The second-order valence-electron chi connectivity index (χ2n) is 4.38. The molecule has 1 amide bonds. The van der Waals surface area contributed by atoms with Crippen molar-refractivity contribution in [3.05, 3.63) is 18.0 Å². The smallest absolute Gasteiger partial charge is 0.236 e. The highest BCUT2D eigenvalue weighted by molar-refractivity contribution is 5.81. The topological polar surface area (TPSA) is 59.0 Å². The van der Waals surface area contributed by atoms with Crippen LogP contribution >= 0.6 is 0 Å². The second kappa shape index (κ2) is 6.39. The molecule has 1 aromatic heterocycles. The van der Waals surface area contributed by atoms with Crippen LogP contribution in [0.2, 0.25) is 0 Å². The maximum absolute atomic E-state index is 11.5. The minimum atomic E-state index is -0.195. The van der Waals surface area contributed by atoms with E-state index in [-0.39, 0.29) is 11.9 Å². The van der Waals surface area contributed by atoms with Crippen molar-refractivity contribution in [1.82, 2.24) is 20.4 Å². The van der Waals surface area contributed by atoms with Crippen molar-refractivity contribution in [1.29, 1.82) is 0 Å². The SMILES string of the molecule is CCNC(=O)C(C)NCc1ccn(C(C)C)n1. The maximum atomic E-state index is 11.5. The van der Waals surface area contributed by atoms with Crippen molar-refractivity contribution < 1.29 is 4.79 Å². The number of hydrogen-bond acceptors (Lipinski definition) is 3. The fourth-order valence-corrected chi connectivity index (χ4v) is 1.44. The molecule has 0 saturated carbocycles. The van der Waals surface area contributed by atoms with Gasteiger partial charge in [0.1, 0.15) is 0 Å². The van der Waals surface area contributed by atoms with Gasteiger partial charge in [-0.05, 0) is 33.8 Å². The Labute approximate surface area is 103 Å². The third kappa shape index (κ3) is 4.19. The number of carbonyl (C=O) groups excluding carboxylic acids is 1. The van der Waals surface area contributed by atoms with Crippen LogP contribution in [0.4, 0.5) is 0 Å². The fraction of sp³-hybridized carbons (Fsp3) is 0.667. The molecule has 0 radical (unpaired) electrons. The Hall–Kier alpha value is -1.36. The molecule has 1 aromatic rings. The van der Waals surface area contributed by atoms with Gasteiger partial charge in [-0.25, -0.2) is 0 Å². The predicted molar refractivity (Wildman–Crippen MR) is 67.6 cm³/mol. The number of hydrogen-bond donors (Lipinski definition) is 2. The highest BCUT2D eigenvalue weighted by Gasteiger charge is 2.11. The van der Waals surface area contributed by atoms with Crippen LogP contribution in [0.1, 0.15) is 39.4 Å². The van der Waals surface area contributed by atoms with Crippen LogP contribution in [-0.4, -0.2) is 28.3 Å². The summed E-state index contributed by atoms with van der Waals surface area (Å²) in [6.07, 6.45) is 1.96. The molecular weight excluding hydrogens is 216 g/mol. The van der Waals surface area contributed by atoms with Gasteiger partial charge in [-0.3, -0.25) is 9.48 Å². The lowest BCUT2D eigenvalue weighted by molar-refractivity contribution is -0.122. The number of rotatable bonds is 6. The summed E-state index contributed by atoms with van der Waals surface area (Å²) < 4.78 is 1.91. The Morgan fingerprint density at radius 1 is 1.47 bits per heavy atom. The van der Waals surface area contributed by atoms with Crippen LogP contribution in [-0.2, 0) is 11.3 Å². The third-order valence-electron chi connectivity index (χ3n) is 2.53. The van der Waals surface area contributed by atoms with Gasteiger partial charge in [0.2, 0.25) is 5.91 Å². The maximum Gasteiger partial charge on any atom is 0.236 e. The van der Waals surface area contributed by atoms with E-state index in [1.807, 2.05) is 30.8 Å².